The van der Waals surface area contributed by atoms with Crippen molar-refractivity contribution in [2.24, 2.45) is 0 Å². The first-order valence-corrected chi connectivity index (χ1v) is 14.7. The second-order valence-corrected chi connectivity index (χ2v) is 10.6. The molecule has 1 aliphatic rings. The van der Waals surface area contributed by atoms with Crippen LogP contribution in [0.5, 0.6) is 23.0 Å². The number of aliphatic hydroxyl groups excluding tert-OH is 1. The van der Waals surface area contributed by atoms with Crippen molar-refractivity contribution in [1.82, 2.24) is 5.32 Å². The van der Waals surface area contributed by atoms with Gasteiger partial charge in [-0.15, -0.1) is 0 Å². The number of para-hydroxylation sites is 1. The highest BCUT2D eigenvalue weighted by atomic mass is 16.5. The van der Waals surface area contributed by atoms with Gasteiger partial charge >= 0.3 is 0 Å². The first-order chi connectivity index (χ1) is 21.1. The van der Waals surface area contributed by atoms with Gasteiger partial charge in [-0.3, -0.25) is 0 Å². The maximum Gasteiger partial charge on any atom is 0.132 e. The molecule has 228 valence electrons. The fourth-order valence-electron chi connectivity index (χ4n) is 5.70. The van der Waals surface area contributed by atoms with Gasteiger partial charge in [0.15, 0.2) is 0 Å². The molecule has 0 spiro atoms. The highest BCUT2D eigenvalue weighted by Crippen LogP contribution is 2.38. The number of benzene rings is 4. The van der Waals surface area contributed by atoms with E-state index in [2.05, 4.69) is 5.32 Å². The number of hydrogen-bond acceptors (Lipinski definition) is 8. The van der Waals surface area contributed by atoms with Crippen LogP contribution in [-0.2, 0) is 22.7 Å². The Kier molecular flexibility index (Phi) is 10.7. The third-order valence-electron chi connectivity index (χ3n) is 7.84. The summed E-state index contributed by atoms with van der Waals surface area (Å²) in [6.45, 7) is 3.09. The molecule has 8 nitrogen and oxygen atoms in total. The lowest BCUT2D eigenvalue weighted by Gasteiger charge is -2.36. The average molecular weight is 588 g/mol. The largest absolute Gasteiger partial charge is 0.496 e. The lowest BCUT2D eigenvalue weighted by atomic mass is 9.85. The number of ether oxygens (including phenoxy) is 6. The number of aliphatic hydroxyl groups is 1. The maximum atomic E-state index is 11.0. The summed E-state index contributed by atoms with van der Waals surface area (Å²) >= 11 is 0. The van der Waals surface area contributed by atoms with E-state index in [0.717, 1.165) is 56.9 Å². The van der Waals surface area contributed by atoms with E-state index in [0.29, 0.717) is 39.5 Å². The van der Waals surface area contributed by atoms with Gasteiger partial charge in [0, 0.05) is 47.3 Å². The molecule has 3 atom stereocenters. The van der Waals surface area contributed by atoms with Crippen LogP contribution in [0.1, 0.15) is 29.0 Å². The molecule has 4 aromatic rings. The van der Waals surface area contributed by atoms with Crippen LogP contribution < -0.4 is 24.3 Å². The second-order valence-electron chi connectivity index (χ2n) is 10.6. The molecule has 1 heterocycles. The van der Waals surface area contributed by atoms with Crippen molar-refractivity contribution in [1.29, 1.82) is 0 Å². The average Bonchev–Trinajstić information content (AvgIpc) is 3.05. The molecule has 43 heavy (non-hydrogen) atoms. The quantitative estimate of drug-likeness (QED) is 0.188. The molecule has 0 aromatic heterocycles. The SMILES string of the molecule is COc1ccccc1COCCCOc1ccc([C@H]2[C@H](O)CNC[C@@H]2OCc2cc(OC)c3ccccc3c2OC)cc1. The van der Waals surface area contributed by atoms with Gasteiger partial charge in [0.05, 0.1) is 60.0 Å². The molecule has 1 saturated heterocycles. The zero-order chi connectivity index (χ0) is 30.0. The minimum atomic E-state index is -0.584. The van der Waals surface area contributed by atoms with Crippen LogP contribution >= 0.6 is 0 Å². The smallest absolute Gasteiger partial charge is 0.132 e. The highest BCUT2D eigenvalue weighted by Gasteiger charge is 2.34. The minimum absolute atomic E-state index is 0.188. The second kappa shape index (κ2) is 15.1. The van der Waals surface area contributed by atoms with Gasteiger partial charge < -0.3 is 38.8 Å². The van der Waals surface area contributed by atoms with Crippen LogP contribution in [0.3, 0.4) is 0 Å². The third kappa shape index (κ3) is 7.40. The van der Waals surface area contributed by atoms with Gasteiger partial charge in [0.1, 0.15) is 23.0 Å². The van der Waals surface area contributed by atoms with E-state index in [1.165, 1.54) is 0 Å². The Bertz CT molecular complexity index is 1460. The molecule has 1 fully saturated rings. The molecule has 8 heteroatoms. The lowest BCUT2D eigenvalue weighted by Crippen LogP contribution is -2.49. The summed E-state index contributed by atoms with van der Waals surface area (Å²) in [6.07, 6.45) is -0.0555. The Labute approximate surface area is 253 Å². The van der Waals surface area contributed by atoms with E-state index in [4.69, 9.17) is 28.4 Å². The number of rotatable bonds is 14. The molecular formula is C35H41NO7. The summed E-state index contributed by atoms with van der Waals surface area (Å²) in [4.78, 5) is 0. The van der Waals surface area contributed by atoms with Crippen LogP contribution in [-0.4, -0.2) is 64.9 Å². The van der Waals surface area contributed by atoms with Crippen molar-refractivity contribution in [2.45, 2.75) is 37.8 Å². The lowest BCUT2D eigenvalue weighted by molar-refractivity contribution is -0.0332. The molecule has 5 rings (SSSR count). The monoisotopic (exact) mass is 587 g/mol. The fraction of sp³-hybridized carbons (Fsp3) is 0.371. The molecule has 1 aliphatic heterocycles. The van der Waals surface area contributed by atoms with Crippen molar-refractivity contribution in [3.63, 3.8) is 0 Å². The Morgan fingerprint density at radius 3 is 2.26 bits per heavy atom. The van der Waals surface area contributed by atoms with Crippen molar-refractivity contribution in [3.05, 3.63) is 95.6 Å². The van der Waals surface area contributed by atoms with Crippen molar-refractivity contribution in [3.8, 4) is 23.0 Å². The predicted octanol–water partition coefficient (Wildman–Crippen LogP) is 5.48. The summed E-state index contributed by atoms with van der Waals surface area (Å²) in [6, 6.07) is 25.8. The van der Waals surface area contributed by atoms with E-state index in [9.17, 15) is 5.11 Å². The van der Waals surface area contributed by atoms with Crippen LogP contribution in [0.15, 0.2) is 78.9 Å². The number of methoxy groups -OCH3 is 3. The molecule has 0 saturated carbocycles. The minimum Gasteiger partial charge on any atom is -0.496 e. The molecule has 0 aliphatic carbocycles. The van der Waals surface area contributed by atoms with Crippen LogP contribution in [0.2, 0.25) is 0 Å². The standard InChI is InChI=1S/C35H41NO7/c1-38-31-12-7-4-9-25(31)22-41-17-8-18-42-27-15-13-24(14-16-27)34-30(37)20-36-21-33(34)43-23-26-19-32(39-2)28-10-5-6-11-29(28)35(26)40-3/h4-7,9-16,19,30,33-34,36-37H,8,17-18,20-23H2,1-3H3/t30-,33+,34+/m1/s1. The summed E-state index contributed by atoms with van der Waals surface area (Å²) < 4.78 is 35.1. The van der Waals surface area contributed by atoms with Crippen LogP contribution in [0.25, 0.3) is 10.8 Å². The Balaban J connectivity index is 1.17. The van der Waals surface area contributed by atoms with Gasteiger partial charge in [-0.2, -0.15) is 0 Å². The normalized spacial score (nSPS) is 18.4. The van der Waals surface area contributed by atoms with Crippen LogP contribution in [0, 0.1) is 0 Å². The van der Waals surface area contributed by atoms with Gasteiger partial charge in [0.2, 0.25) is 0 Å². The van der Waals surface area contributed by atoms with E-state index in [-0.39, 0.29) is 12.0 Å². The summed E-state index contributed by atoms with van der Waals surface area (Å²) in [5, 5.41) is 16.2. The summed E-state index contributed by atoms with van der Waals surface area (Å²) in [5.74, 6) is 2.96. The Hall–Kier alpha value is -3.82. The van der Waals surface area contributed by atoms with E-state index in [1.54, 1.807) is 21.3 Å². The van der Waals surface area contributed by atoms with Gasteiger partial charge in [0.25, 0.3) is 0 Å². The number of fused-ring (bicyclic) bond motifs is 1. The molecule has 0 unspecified atom stereocenters. The first kappa shape index (κ1) is 30.6. The molecule has 0 radical (unpaired) electrons. The molecule has 2 N–H and O–H groups in total. The molecule has 4 aromatic carbocycles. The van der Waals surface area contributed by atoms with Gasteiger partial charge in [-0.1, -0.05) is 54.6 Å². The highest BCUT2D eigenvalue weighted by molar-refractivity contribution is 5.94. The van der Waals surface area contributed by atoms with Gasteiger partial charge in [-0.25, -0.2) is 0 Å². The molecular weight excluding hydrogens is 546 g/mol. The van der Waals surface area contributed by atoms with Crippen molar-refractivity contribution < 1.29 is 33.5 Å². The van der Waals surface area contributed by atoms with E-state index < -0.39 is 6.10 Å². The zero-order valence-corrected chi connectivity index (χ0v) is 25.1. The van der Waals surface area contributed by atoms with E-state index >= 15 is 0 Å². The number of hydrogen-bond donors (Lipinski definition) is 2. The molecule has 0 amide bonds. The fourth-order valence-corrected chi connectivity index (χ4v) is 5.70. The third-order valence-corrected chi connectivity index (χ3v) is 7.84. The number of nitrogens with one attached hydrogen (secondary N) is 1. The Morgan fingerprint density at radius 2 is 1.49 bits per heavy atom. The van der Waals surface area contributed by atoms with Gasteiger partial charge in [-0.05, 0) is 29.8 Å². The Morgan fingerprint density at radius 1 is 0.744 bits per heavy atom. The summed E-state index contributed by atoms with van der Waals surface area (Å²) in [7, 11) is 5.00. The van der Waals surface area contributed by atoms with E-state index in [1.807, 2.05) is 78.9 Å². The van der Waals surface area contributed by atoms with Crippen LogP contribution in [0.4, 0.5) is 0 Å². The zero-order valence-electron chi connectivity index (χ0n) is 25.1. The maximum absolute atomic E-state index is 11.0. The first-order valence-electron chi connectivity index (χ1n) is 14.7. The number of piperidine rings is 1. The predicted molar refractivity (Wildman–Crippen MR) is 166 cm³/mol. The van der Waals surface area contributed by atoms with Crippen molar-refractivity contribution in [2.75, 3.05) is 47.6 Å². The summed E-state index contributed by atoms with van der Waals surface area (Å²) in [5.41, 5.74) is 2.93. The van der Waals surface area contributed by atoms with Crippen molar-refractivity contribution >= 4 is 10.8 Å². The topological polar surface area (TPSA) is 87.6 Å². The number of β-amino-alcohol motifs (C(OH)–C–C–N with tert-alkyl or cyclic N) is 1. The molecule has 0 bridgehead atoms.